The van der Waals surface area contributed by atoms with Crippen LogP contribution < -0.4 is 4.90 Å². The Balaban J connectivity index is 1.61. The summed E-state index contributed by atoms with van der Waals surface area (Å²) in [7, 11) is 0. The maximum Gasteiger partial charge on any atom is 0.348 e. The second-order valence-electron chi connectivity index (χ2n) is 11.8. The Hall–Kier alpha value is -2.10. The number of carboxylic acid groups (broad SMARTS) is 1. The van der Waals surface area contributed by atoms with Crippen LogP contribution in [0.25, 0.3) is 0 Å². The Morgan fingerprint density at radius 3 is 2.31 bits per heavy atom. The smallest absolute Gasteiger partial charge is 0.348 e. The molecule has 3 aliphatic carbocycles. The van der Waals surface area contributed by atoms with Gasteiger partial charge in [-0.1, -0.05) is 36.3 Å². The first-order chi connectivity index (χ1) is 17.1. The second-order valence-corrected chi connectivity index (χ2v) is 12.9. The van der Waals surface area contributed by atoms with E-state index in [9.17, 15) is 14.7 Å². The number of aromatic carboxylic acids is 1. The number of amides is 1. The summed E-state index contributed by atoms with van der Waals surface area (Å²) in [5, 5.41) is 10.1. The molecular weight excluding hydrogens is 470 g/mol. The fourth-order valence-corrected chi connectivity index (χ4v) is 6.48. The summed E-state index contributed by atoms with van der Waals surface area (Å²) in [5.41, 5.74) is 1.67. The molecule has 36 heavy (non-hydrogen) atoms. The van der Waals surface area contributed by atoms with Crippen LogP contribution in [0, 0.1) is 23.2 Å². The van der Waals surface area contributed by atoms with Gasteiger partial charge in [0, 0.05) is 17.4 Å². The first-order valence-corrected chi connectivity index (χ1v) is 14.5. The van der Waals surface area contributed by atoms with Crippen molar-refractivity contribution in [3.63, 3.8) is 0 Å². The zero-order chi connectivity index (χ0) is 25.9. The summed E-state index contributed by atoms with van der Waals surface area (Å²) in [4.78, 5) is 29.1. The van der Waals surface area contributed by atoms with Crippen LogP contribution in [0.5, 0.6) is 0 Å². The van der Waals surface area contributed by atoms with Gasteiger partial charge in [-0.2, -0.15) is 0 Å². The van der Waals surface area contributed by atoms with Crippen molar-refractivity contribution in [2.45, 2.75) is 117 Å². The Bertz CT molecular complexity index is 1040. The molecule has 4 rings (SSSR count). The average molecular weight is 512 g/mol. The molecule has 0 aliphatic heterocycles. The van der Waals surface area contributed by atoms with Gasteiger partial charge >= 0.3 is 5.97 Å². The molecule has 3 aliphatic rings. The molecule has 0 bridgehead atoms. The largest absolute Gasteiger partial charge is 0.477 e. The molecule has 1 aromatic heterocycles. The molecule has 1 aromatic rings. The van der Waals surface area contributed by atoms with Gasteiger partial charge in [0.15, 0.2) is 0 Å². The predicted molar refractivity (Wildman–Crippen MR) is 146 cm³/mol. The fourth-order valence-electron chi connectivity index (χ4n) is 5.64. The summed E-state index contributed by atoms with van der Waals surface area (Å²) in [6.07, 6.45) is 13.6. The van der Waals surface area contributed by atoms with Crippen LogP contribution in [0.15, 0.2) is 17.7 Å². The Labute approximate surface area is 220 Å². The standard InChI is InChI=1S/C30H41NO4S/c1-20-9-11-21(12-10-20)28(32)31(22-13-15-24(16-14-22)35-23-7-5-6-8-23)26-19-25(17-18-30(2,3)4)36-27(26)29(33)34/h9,19,21-24H,5-8,10-16H2,1-4H3,(H,33,34)/t21-,22?,24?/m0/s1. The number of carbonyl (C=O) groups excluding carboxylic acids is 1. The molecule has 5 nitrogen and oxygen atoms in total. The molecule has 1 amide bonds. The van der Waals surface area contributed by atoms with Crippen molar-refractivity contribution in [3.8, 4) is 11.8 Å². The maximum absolute atomic E-state index is 14.0. The maximum atomic E-state index is 14.0. The molecule has 6 heteroatoms. The first kappa shape index (κ1) is 26.9. The molecule has 2 saturated carbocycles. The van der Waals surface area contributed by atoms with Crippen LogP contribution >= 0.6 is 11.3 Å². The van der Waals surface area contributed by atoms with E-state index < -0.39 is 5.97 Å². The van der Waals surface area contributed by atoms with Gasteiger partial charge in [-0.25, -0.2) is 4.79 Å². The highest BCUT2D eigenvalue weighted by Crippen LogP contribution is 2.39. The van der Waals surface area contributed by atoms with Gasteiger partial charge in [0.05, 0.1) is 22.8 Å². The average Bonchev–Trinajstić information content (AvgIpc) is 3.49. The first-order valence-electron chi connectivity index (χ1n) is 13.6. The fraction of sp³-hybridized carbons (Fsp3) is 0.667. The summed E-state index contributed by atoms with van der Waals surface area (Å²) >= 11 is 1.18. The van der Waals surface area contributed by atoms with Crippen molar-refractivity contribution in [1.29, 1.82) is 0 Å². The number of hydrogen-bond donors (Lipinski definition) is 1. The lowest BCUT2D eigenvalue weighted by Gasteiger charge is -2.39. The molecule has 0 aromatic carbocycles. The lowest BCUT2D eigenvalue weighted by Crippen LogP contribution is -2.47. The van der Waals surface area contributed by atoms with Crippen molar-refractivity contribution in [1.82, 2.24) is 0 Å². The second kappa shape index (κ2) is 11.5. The summed E-state index contributed by atoms with van der Waals surface area (Å²) in [5.74, 6) is 5.35. The summed E-state index contributed by atoms with van der Waals surface area (Å²) in [6, 6.07) is 1.83. The quantitative estimate of drug-likeness (QED) is 0.324. The number of thiophene rings is 1. The third kappa shape index (κ3) is 6.81. The van der Waals surface area contributed by atoms with Crippen LogP contribution in [-0.4, -0.2) is 35.2 Å². The molecule has 1 heterocycles. The number of hydrogen-bond acceptors (Lipinski definition) is 4. The van der Waals surface area contributed by atoms with Gasteiger partial charge in [-0.05, 0) is 91.5 Å². The Kier molecular flexibility index (Phi) is 8.63. The number of anilines is 1. The van der Waals surface area contributed by atoms with E-state index >= 15 is 0 Å². The molecular formula is C30H41NO4S. The Morgan fingerprint density at radius 2 is 1.72 bits per heavy atom. The lowest BCUT2D eigenvalue weighted by molar-refractivity contribution is -0.123. The molecule has 1 N–H and O–H groups in total. The van der Waals surface area contributed by atoms with Crippen LogP contribution in [0.4, 0.5) is 5.69 Å². The minimum Gasteiger partial charge on any atom is -0.477 e. The highest BCUT2D eigenvalue weighted by Gasteiger charge is 2.37. The van der Waals surface area contributed by atoms with Gasteiger partial charge in [0.1, 0.15) is 4.88 Å². The van der Waals surface area contributed by atoms with Crippen LogP contribution in [0.1, 0.15) is 113 Å². The van der Waals surface area contributed by atoms with Gasteiger partial charge in [0.2, 0.25) is 5.91 Å². The van der Waals surface area contributed by atoms with E-state index in [2.05, 4.69) is 24.8 Å². The number of ether oxygens (including phenoxy) is 1. The Morgan fingerprint density at radius 1 is 1.06 bits per heavy atom. The number of nitrogens with zero attached hydrogens (tertiary/aromatic N) is 1. The van der Waals surface area contributed by atoms with Crippen molar-refractivity contribution < 1.29 is 19.4 Å². The highest BCUT2D eigenvalue weighted by atomic mass is 32.1. The van der Waals surface area contributed by atoms with E-state index in [0.717, 1.165) is 57.8 Å². The molecule has 2 fully saturated rings. The number of carboxylic acids is 1. The third-order valence-corrected chi connectivity index (χ3v) is 8.68. The number of rotatable bonds is 6. The molecule has 1 atom stereocenters. The van der Waals surface area contributed by atoms with Gasteiger partial charge in [-0.15, -0.1) is 11.3 Å². The minimum absolute atomic E-state index is 0.0101. The van der Waals surface area contributed by atoms with E-state index in [-0.39, 0.29) is 34.3 Å². The predicted octanol–water partition coefficient (Wildman–Crippen LogP) is 7.19. The molecule has 0 saturated heterocycles. The van der Waals surface area contributed by atoms with E-state index in [1.54, 1.807) is 0 Å². The summed E-state index contributed by atoms with van der Waals surface area (Å²) in [6.45, 7) is 8.22. The monoisotopic (exact) mass is 511 g/mol. The van der Waals surface area contributed by atoms with E-state index in [0.29, 0.717) is 16.7 Å². The molecule has 196 valence electrons. The lowest BCUT2D eigenvalue weighted by atomic mass is 9.86. The summed E-state index contributed by atoms with van der Waals surface area (Å²) < 4.78 is 6.38. The van der Waals surface area contributed by atoms with E-state index in [4.69, 9.17) is 4.74 Å². The van der Waals surface area contributed by atoms with Gasteiger partial charge in [0.25, 0.3) is 0 Å². The zero-order valence-corrected chi connectivity index (χ0v) is 23.1. The molecule has 0 radical (unpaired) electrons. The van der Waals surface area contributed by atoms with E-state index in [1.807, 2.05) is 31.7 Å². The molecule has 0 spiro atoms. The van der Waals surface area contributed by atoms with Gasteiger partial charge < -0.3 is 14.7 Å². The normalized spacial score (nSPS) is 25.1. The van der Waals surface area contributed by atoms with Crippen molar-refractivity contribution >= 4 is 28.9 Å². The van der Waals surface area contributed by atoms with E-state index in [1.165, 1.54) is 29.8 Å². The number of allylic oxidation sites excluding steroid dienone is 2. The third-order valence-electron chi connectivity index (χ3n) is 7.65. The van der Waals surface area contributed by atoms with Crippen LogP contribution in [0.2, 0.25) is 0 Å². The minimum atomic E-state index is -0.991. The number of carbonyl (C=O) groups is 2. The SMILES string of the molecule is CC1=CC[C@H](C(=O)N(c2cc(C#CC(C)(C)C)sc2C(=O)O)C2CCC(OC3CCCC3)CC2)CC1. The van der Waals surface area contributed by atoms with Crippen molar-refractivity contribution in [3.05, 3.63) is 27.5 Å². The zero-order valence-electron chi connectivity index (χ0n) is 22.3. The van der Waals surface area contributed by atoms with Crippen molar-refractivity contribution in [2.75, 3.05) is 4.90 Å². The highest BCUT2D eigenvalue weighted by molar-refractivity contribution is 7.15. The van der Waals surface area contributed by atoms with Gasteiger partial charge in [-0.3, -0.25) is 4.79 Å². The molecule has 0 unspecified atom stereocenters. The topological polar surface area (TPSA) is 66.8 Å². The van der Waals surface area contributed by atoms with Crippen molar-refractivity contribution in [2.24, 2.45) is 11.3 Å². The van der Waals surface area contributed by atoms with Crippen LogP contribution in [-0.2, 0) is 9.53 Å². The van der Waals surface area contributed by atoms with Crippen LogP contribution in [0.3, 0.4) is 0 Å².